The van der Waals surface area contributed by atoms with E-state index in [2.05, 4.69) is 15.4 Å². The summed E-state index contributed by atoms with van der Waals surface area (Å²) < 4.78 is 1.63. The number of halogens is 1. The Morgan fingerprint density at radius 3 is 2.62 bits per heavy atom. The molecule has 4 aromatic rings. The molecule has 26 heavy (non-hydrogen) atoms. The van der Waals surface area contributed by atoms with Crippen LogP contribution in [-0.2, 0) is 0 Å². The number of aromatic nitrogens is 3. The van der Waals surface area contributed by atoms with Gasteiger partial charge in [0.2, 0.25) is 0 Å². The second-order valence-electron chi connectivity index (χ2n) is 5.91. The van der Waals surface area contributed by atoms with Crippen LogP contribution in [0.2, 0.25) is 5.02 Å². The predicted octanol–water partition coefficient (Wildman–Crippen LogP) is 4.63. The van der Waals surface area contributed by atoms with Gasteiger partial charge in [0.1, 0.15) is 5.82 Å². The second-order valence-corrected chi connectivity index (χ2v) is 6.34. The van der Waals surface area contributed by atoms with Gasteiger partial charge in [0, 0.05) is 22.0 Å². The molecular formula is C20H15ClN4O. The highest BCUT2D eigenvalue weighted by Gasteiger charge is 2.13. The number of benzene rings is 2. The molecule has 0 bridgehead atoms. The van der Waals surface area contributed by atoms with Crippen LogP contribution in [0.4, 0.5) is 5.82 Å². The minimum atomic E-state index is -0.233. The molecule has 0 saturated carbocycles. The van der Waals surface area contributed by atoms with Gasteiger partial charge in [-0.3, -0.25) is 4.79 Å². The van der Waals surface area contributed by atoms with Crippen LogP contribution in [0.1, 0.15) is 16.1 Å². The molecule has 0 radical (unpaired) electrons. The Labute approximate surface area is 155 Å². The van der Waals surface area contributed by atoms with E-state index >= 15 is 0 Å². The minimum absolute atomic E-state index is 0.233. The van der Waals surface area contributed by atoms with Crippen LogP contribution in [-0.4, -0.2) is 20.7 Å². The van der Waals surface area contributed by atoms with Gasteiger partial charge < -0.3 is 5.32 Å². The fraction of sp³-hybridized carbons (Fsp3) is 0.0500. The van der Waals surface area contributed by atoms with Gasteiger partial charge in [-0.25, -0.2) is 4.98 Å². The van der Waals surface area contributed by atoms with Crippen molar-refractivity contribution in [2.24, 2.45) is 0 Å². The fourth-order valence-corrected chi connectivity index (χ4v) is 2.85. The molecule has 1 amide bonds. The molecule has 0 aliphatic carbocycles. The molecule has 0 aliphatic heterocycles. The summed E-state index contributed by atoms with van der Waals surface area (Å²) >= 11 is 5.88. The molecule has 4 rings (SSSR count). The van der Waals surface area contributed by atoms with E-state index < -0.39 is 0 Å². The lowest BCUT2D eigenvalue weighted by molar-refractivity contribution is 0.102. The molecule has 0 aliphatic rings. The SMILES string of the molecule is Cc1cc(NC(=O)c2ccc(Cl)cc2)n(-c2ccc3ccccc3n2)n1. The number of para-hydroxylation sites is 1. The molecule has 0 atom stereocenters. The first-order chi connectivity index (χ1) is 12.6. The third kappa shape index (κ3) is 3.17. The Hall–Kier alpha value is -3.18. The van der Waals surface area contributed by atoms with Crippen LogP contribution in [0.5, 0.6) is 0 Å². The Bertz CT molecular complexity index is 1100. The number of nitrogens with zero attached hydrogens (tertiary/aromatic N) is 3. The molecule has 0 unspecified atom stereocenters. The first kappa shape index (κ1) is 16.3. The topological polar surface area (TPSA) is 59.8 Å². The standard InChI is InChI=1S/C20H15ClN4O/c1-13-12-19(23-20(26)15-6-9-16(21)10-7-15)25(24-13)18-11-8-14-4-2-3-5-17(14)22-18/h2-12H,1H3,(H,23,26). The van der Waals surface area contributed by atoms with Crippen molar-refractivity contribution in [3.8, 4) is 5.82 Å². The van der Waals surface area contributed by atoms with E-state index in [1.807, 2.05) is 49.4 Å². The molecule has 1 N–H and O–H groups in total. The zero-order valence-corrected chi connectivity index (χ0v) is 14.7. The van der Waals surface area contributed by atoms with Crippen LogP contribution in [0.25, 0.3) is 16.7 Å². The van der Waals surface area contributed by atoms with Crippen LogP contribution >= 0.6 is 11.6 Å². The Morgan fingerprint density at radius 1 is 1.04 bits per heavy atom. The van der Waals surface area contributed by atoms with Gasteiger partial charge in [-0.2, -0.15) is 9.78 Å². The molecule has 0 saturated heterocycles. The highest BCUT2D eigenvalue weighted by Crippen LogP contribution is 2.20. The fourth-order valence-electron chi connectivity index (χ4n) is 2.73. The largest absolute Gasteiger partial charge is 0.306 e. The third-order valence-electron chi connectivity index (χ3n) is 3.98. The Balaban J connectivity index is 1.69. The average molecular weight is 363 g/mol. The number of fused-ring (bicyclic) bond motifs is 1. The molecule has 2 aromatic carbocycles. The number of hydrogen-bond donors (Lipinski definition) is 1. The van der Waals surface area contributed by atoms with E-state index in [-0.39, 0.29) is 5.91 Å². The van der Waals surface area contributed by atoms with E-state index in [4.69, 9.17) is 11.6 Å². The minimum Gasteiger partial charge on any atom is -0.306 e. The van der Waals surface area contributed by atoms with Crippen molar-refractivity contribution in [1.29, 1.82) is 0 Å². The Kier molecular flexibility index (Phi) is 4.14. The summed E-state index contributed by atoms with van der Waals surface area (Å²) in [6.07, 6.45) is 0. The van der Waals surface area contributed by atoms with Crippen molar-refractivity contribution < 1.29 is 4.79 Å². The number of anilines is 1. The first-order valence-corrected chi connectivity index (χ1v) is 8.48. The Morgan fingerprint density at radius 2 is 1.81 bits per heavy atom. The monoisotopic (exact) mass is 362 g/mol. The summed E-state index contributed by atoms with van der Waals surface area (Å²) in [5, 5.41) is 8.99. The van der Waals surface area contributed by atoms with Gasteiger partial charge in [0.05, 0.1) is 11.2 Å². The summed E-state index contributed by atoms with van der Waals surface area (Å²) in [6, 6.07) is 20.3. The summed E-state index contributed by atoms with van der Waals surface area (Å²) in [5.41, 5.74) is 2.17. The van der Waals surface area contributed by atoms with Gasteiger partial charge >= 0.3 is 0 Å². The maximum atomic E-state index is 12.5. The second kappa shape index (κ2) is 6.61. The number of aryl methyl sites for hydroxylation is 1. The highest BCUT2D eigenvalue weighted by molar-refractivity contribution is 6.30. The van der Waals surface area contributed by atoms with Crippen LogP contribution < -0.4 is 5.32 Å². The molecule has 2 heterocycles. The number of rotatable bonds is 3. The number of nitrogens with one attached hydrogen (secondary N) is 1. The first-order valence-electron chi connectivity index (χ1n) is 8.10. The summed E-state index contributed by atoms with van der Waals surface area (Å²) in [7, 11) is 0. The third-order valence-corrected chi connectivity index (χ3v) is 4.23. The molecule has 128 valence electrons. The van der Waals surface area contributed by atoms with Crippen molar-refractivity contribution in [1.82, 2.24) is 14.8 Å². The van der Waals surface area contributed by atoms with Crippen LogP contribution in [0.3, 0.4) is 0 Å². The maximum Gasteiger partial charge on any atom is 0.256 e. The van der Waals surface area contributed by atoms with Gasteiger partial charge in [-0.15, -0.1) is 0 Å². The lowest BCUT2D eigenvalue weighted by Crippen LogP contribution is -2.15. The van der Waals surface area contributed by atoms with Gasteiger partial charge in [-0.1, -0.05) is 29.8 Å². The number of carbonyl (C=O) groups is 1. The smallest absolute Gasteiger partial charge is 0.256 e. The lowest BCUT2D eigenvalue weighted by atomic mass is 10.2. The zero-order chi connectivity index (χ0) is 18.1. The zero-order valence-electron chi connectivity index (χ0n) is 14.0. The predicted molar refractivity (Wildman–Crippen MR) is 103 cm³/mol. The van der Waals surface area contributed by atoms with Gasteiger partial charge in [-0.05, 0) is 49.4 Å². The number of hydrogen-bond acceptors (Lipinski definition) is 3. The molecule has 0 fully saturated rings. The number of amides is 1. The van der Waals surface area contributed by atoms with Crippen LogP contribution in [0.15, 0.2) is 66.7 Å². The lowest BCUT2D eigenvalue weighted by Gasteiger charge is -2.09. The van der Waals surface area contributed by atoms with Gasteiger partial charge in [0.25, 0.3) is 5.91 Å². The molecule has 5 nitrogen and oxygen atoms in total. The van der Waals surface area contributed by atoms with Crippen molar-refractivity contribution in [2.75, 3.05) is 5.32 Å². The van der Waals surface area contributed by atoms with E-state index in [0.29, 0.717) is 22.2 Å². The van der Waals surface area contributed by atoms with Crippen molar-refractivity contribution >= 4 is 34.2 Å². The van der Waals surface area contributed by atoms with E-state index in [9.17, 15) is 4.79 Å². The average Bonchev–Trinajstić information content (AvgIpc) is 3.02. The maximum absolute atomic E-state index is 12.5. The summed E-state index contributed by atoms with van der Waals surface area (Å²) in [4.78, 5) is 17.2. The number of pyridine rings is 1. The highest BCUT2D eigenvalue weighted by atomic mass is 35.5. The van der Waals surface area contributed by atoms with Crippen LogP contribution in [0, 0.1) is 6.92 Å². The van der Waals surface area contributed by atoms with Crippen molar-refractivity contribution in [3.63, 3.8) is 0 Å². The molecule has 2 aromatic heterocycles. The van der Waals surface area contributed by atoms with E-state index in [1.54, 1.807) is 28.9 Å². The normalized spacial score (nSPS) is 10.8. The van der Waals surface area contributed by atoms with E-state index in [0.717, 1.165) is 16.6 Å². The van der Waals surface area contributed by atoms with E-state index in [1.165, 1.54) is 0 Å². The number of carbonyl (C=O) groups excluding carboxylic acids is 1. The molecule has 0 spiro atoms. The van der Waals surface area contributed by atoms with Gasteiger partial charge in [0.15, 0.2) is 5.82 Å². The van der Waals surface area contributed by atoms with Crippen molar-refractivity contribution in [2.45, 2.75) is 6.92 Å². The van der Waals surface area contributed by atoms with Crippen molar-refractivity contribution in [3.05, 3.63) is 83.0 Å². The molecular weight excluding hydrogens is 348 g/mol. The summed E-state index contributed by atoms with van der Waals surface area (Å²) in [6.45, 7) is 1.87. The summed E-state index contributed by atoms with van der Waals surface area (Å²) in [5.74, 6) is 0.969. The quantitative estimate of drug-likeness (QED) is 0.577. The molecule has 6 heteroatoms.